The number of fused-ring (bicyclic) bond motifs is 2. The molecule has 0 aromatic carbocycles. The number of nitrogens with zero attached hydrogens (tertiary/aromatic N) is 6. The largest absolute Gasteiger partial charge is 0.378 e. The second kappa shape index (κ2) is 9.04. The second-order valence-electron chi connectivity index (χ2n) is 8.59. The minimum Gasteiger partial charge on any atom is -0.378 e. The van der Waals surface area contributed by atoms with Gasteiger partial charge in [0, 0.05) is 50.9 Å². The number of anilines is 2. The Kier molecular flexibility index (Phi) is 6.11. The number of pyridine rings is 2. The van der Waals surface area contributed by atoms with Crippen molar-refractivity contribution in [3.8, 4) is 0 Å². The average molecular weight is 489 g/mol. The Labute approximate surface area is 201 Å². The summed E-state index contributed by atoms with van der Waals surface area (Å²) in [5.41, 5.74) is 3.01. The van der Waals surface area contributed by atoms with E-state index in [1.807, 2.05) is 17.8 Å². The van der Waals surface area contributed by atoms with Crippen LogP contribution in [0.15, 0.2) is 30.7 Å². The summed E-state index contributed by atoms with van der Waals surface area (Å²) in [5, 5.41) is 1.99. The van der Waals surface area contributed by atoms with E-state index in [0.29, 0.717) is 5.92 Å². The van der Waals surface area contributed by atoms with Crippen molar-refractivity contribution in [1.82, 2.24) is 19.5 Å². The molecule has 0 radical (unpaired) electrons. The number of aryl methyl sites for hydroxylation is 1. The van der Waals surface area contributed by atoms with E-state index in [1.54, 1.807) is 17.4 Å². The van der Waals surface area contributed by atoms with Crippen molar-refractivity contribution < 1.29 is 9.13 Å². The smallest absolute Gasteiger partial charge is 0.186 e. The van der Waals surface area contributed by atoms with Crippen LogP contribution in [0.25, 0.3) is 21.3 Å². The highest BCUT2D eigenvalue weighted by Crippen LogP contribution is 2.36. The van der Waals surface area contributed by atoms with Crippen LogP contribution in [0, 0.1) is 5.82 Å². The van der Waals surface area contributed by atoms with Crippen molar-refractivity contribution in [2.75, 3.05) is 49.2 Å². The van der Waals surface area contributed by atoms with Crippen LogP contribution in [0.4, 0.5) is 15.3 Å². The molecule has 6 heterocycles. The summed E-state index contributed by atoms with van der Waals surface area (Å²) in [6.07, 6.45) is 7.33. The van der Waals surface area contributed by atoms with Crippen molar-refractivity contribution in [1.29, 1.82) is 0 Å². The van der Waals surface area contributed by atoms with E-state index >= 15 is 0 Å². The number of aromatic nitrogens is 4. The fraction of sp³-hybridized carbons (Fsp3) is 0.435. The molecule has 0 spiro atoms. The van der Waals surface area contributed by atoms with Gasteiger partial charge >= 0.3 is 0 Å². The van der Waals surface area contributed by atoms with E-state index in [1.165, 1.54) is 16.5 Å². The van der Waals surface area contributed by atoms with Crippen LogP contribution in [0.2, 0.25) is 0 Å². The third-order valence-electron chi connectivity index (χ3n) is 6.60. The van der Waals surface area contributed by atoms with E-state index in [4.69, 9.17) is 14.7 Å². The van der Waals surface area contributed by atoms with Crippen molar-refractivity contribution in [3.05, 3.63) is 42.1 Å². The zero-order valence-electron chi connectivity index (χ0n) is 18.4. The minimum atomic E-state index is -0.277. The van der Waals surface area contributed by atoms with Gasteiger partial charge in [-0.25, -0.2) is 19.3 Å². The molecule has 2 aliphatic heterocycles. The van der Waals surface area contributed by atoms with Crippen LogP contribution in [0.1, 0.15) is 24.3 Å². The molecule has 4 aromatic heterocycles. The second-order valence-corrected chi connectivity index (χ2v) is 9.60. The molecule has 174 valence electrons. The lowest BCUT2D eigenvalue weighted by atomic mass is 9.89. The number of thiazole rings is 1. The highest BCUT2D eigenvalue weighted by Gasteiger charge is 2.25. The van der Waals surface area contributed by atoms with E-state index in [2.05, 4.69) is 27.0 Å². The monoisotopic (exact) mass is 488 g/mol. The van der Waals surface area contributed by atoms with Crippen molar-refractivity contribution >= 4 is 55.9 Å². The highest BCUT2D eigenvalue weighted by atomic mass is 35.5. The Morgan fingerprint density at radius 2 is 1.82 bits per heavy atom. The molecule has 10 heteroatoms. The lowest BCUT2D eigenvalue weighted by Crippen LogP contribution is -2.36. The first kappa shape index (κ1) is 22.3. The molecule has 33 heavy (non-hydrogen) atoms. The van der Waals surface area contributed by atoms with Crippen LogP contribution in [-0.4, -0.2) is 58.9 Å². The van der Waals surface area contributed by atoms with E-state index in [0.717, 1.165) is 79.7 Å². The molecule has 0 bridgehead atoms. The van der Waals surface area contributed by atoms with E-state index in [9.17, 15) is 4.39 Å². The predicted molar refractivity (Wildman–Crippen MR) is 133 cm³/mol. The van der Waals surface area contributed by atoms with Gasteiger partial charge in [0.1, 0.15) is 22.8 Å². The van der Waals surface area contributed by atoms with Crippen molar-refractivity contribution in [2.24, 2.45) is 7.05 Å². The van der Waals surface area contributed by atoms with Gasteiger partial charge in [-0.1, -0.05) is 11.3 Å². The Hall–Kier alpha value is -2.49. The van der Waals surface area contributed by atoms with Gasteiger partial charge in [-0.15, -0.1) is 12.4 Å². The molecule has 2 saturated heterocycles. The first-order valence-corrected chi connectivity index (χ1v) is 11.9. The fourth-order valence-electron chi connectivity index (χ4n) is 4.88. The topological polar surface area (TPSA) is 59.3 Å². The Balaban J connectivity index is 0.00000228. The molecule has 6 rings (SSSR count). The van der Waals surface area contributed by atoms with Gasteiger partial charge in [0.15, 0.2) is 5.13 Å². The molecule has 0 aliphatic carbocycles. The molecule has 0 atom stereocenters. The Morgan fingerprint density at radius 1 is 1.03 bits per heavy atom. The lowest BCUT2D eigenvalue weighted by molar-refractivity contribution is 0.122. The Bertz CT molecular complexity index is 1280. The zero-order valence-corrected chi connectivity index (χ0v) is 20.0. The van der Waals surface area contributed by atoms with Gasteiger partial charge in [0.25, 0.3) is 0 Å². The van der Waals surface area contributed by atoms with Crippen LogP contribution in [0.3, 0.4) is 0 Å². The maximum atomic E-state index is 13.8. The SMILES string of the molecule is Cl.Cn1cc(C2CCN(c3cc4sc(N5CCOCC5)nc4cn3)CC2)c2cc(F)cnc21. The standard InChI is InChI=1S/C23H25FN6OS.ClH/c1-28-14-18(17-10-16(24)12-26-22(17)28)15-2-4-29(5-3-15)21-11-20-19(13-25-21)27-23(32-20)30-6-8-31-9-7-30;/h10-15H,2-9H2,1H3;1H. The Morgan fingerprint density at radius 3 is 2.61 bits per heavy atom. The van der Waals surface area contributed by atoms with Crippen LogP contribution in [0.5, 0.6) is 0 Å². The number of hydrogen-bond acceptors (Lipinski definition) is 7. The van der Waals surface area contributed by atoms with Crippen LogP contribution >= 0.6 is 23.7 Å². The summed E-state index contributed by atoms with van der Waals surface area (Å²) in [7, 11) is 1.98. The third-order valence-corrected chi connectivity index (χ3v) is 7.68. The molecule has 0 N–H and O–H groups in total. The maximum Gasteiger partial charge on any atom is 0.186 e. The molecule has 0 amide bonds. The minimum absolute atomic E-state index is 0. The summed E-state index contributed by atoms with van der Waals surface area (Å²) >= 11 is 1.73. The molecular formula is C23H26ClFN6OS. The quantitative estimate of drug-likeness (QED) is 0.427. The number of morpholine rings is 1. The van der Waals surface area contributed by atoms with Crippen LogP contribution < -0.4 is 9.80 Å². The molecule has 0 saturated carbocycles. The third kappa shape index (κ3) is 4.13. The summed E-state index contributed by atoms with van der Waals surface area (Å²) in [6, 6.07) is 3.80. The summed E-state index contributed by atoms with van der Waals surface area (Å²) in [6.45, 7) is 5.15. The van der Waals surface area contributed by atoms with Crippen molar-refractivity contribution in [2.45, 2.75) is 18.8 Å². The molecule has 4 aromatic rings. The van der Waals surface area contributed by atoms with Gasteiger partial charge < -0.3 is 19.1 Å². The first-order valence-electron chi connectivity index (χ1n) is 11.1. The van der Waals surface area contributed by atoms with Gasteiger partial charge in [-0.05, 0) is 30.4 Å². The fourth-order valence-corrected chi connectivity index (χ4v) is 5.90. The average Bonchev–Trinajstić information content (AvgIpc) is 3.40. The van der Waals surface area contributed by atoms with E-state index in [-0.39, 0.29) is 18.2 Å². The summed E-state index contributed by atoms with van der Waals surface area (Å²) in [5.74, 6) is 1.14. The molecule has 7 nitrogen and oxygen atoms in total. The van der Waals surface area contributed by atoms with Crippen LogP contribution in [-0.2, 0) is 11.8 Å². The normalized spacial score (nSPS) is 17.6. The maximum absolute atomic E-state index is 13.8. The van der Waals surface area contributed by atoms with Gasteiger partial charge in [0.2, 0.25) is 0 Å². The number of halogens is 2. The molecule has 2 aliphatic rings. The predicted octanol–water partition coefficient (Wildman–Crippen LogP) is 4.36. The zero-order chi connectivity index (χ0) is 21.7. The number of ether oxygens (including phenoxy) is 1. The molecule has 0 unspecified atom stereocenters. The summed E-state index contributed by atoms with van der Waals surface area (Å²) < 4.78 is 22.5. The first-order chi connectivity index (χ1) is 15.7. The number of rotatable bonds is 3. The molecular weight excluding hydrogens is 463 g/mol. The van der Waals surface area contributed by atoms with Gasteiger partial charge in [0.05, 0.1) is 30.3 Å². The summed E-state index contributed by atoms with van der Waals surface area (Å²) in [4.78, 5) is 18.4. The highest BCUT2D eigenvalue weighted by molar-refractivity contribution is 7.22. The molecule has 2 fully saturated rings. The van der Waals surface area contributed by atoms with Crippen molar-refractivity contribution in [3.63, 3.8) is 0 Å². The van der Waals surface area contributed by atoms with Gasteiger partial charge in [-0.3, -0.25) is 0 Å². The van der Waals surface area contributed by atoms with Gasteiger partial charge in [-0.2, -0.15) is 0 Å². The number of piperidine rings is 1. The van der Waals surface area contributed by atoms with E-state index < -0.39 is 0 Å². The number of hydrogen-bond donors (Lipinski definition) is 0. The lowest BCUT2D eigenvalue weighted by Gasteiger charge is -2.32.